The quantitative estimate of drug-likeness (QED) is 0.676. The van der Waals surface area contributed by atoms with Gasteiger partial charge >= 0.3 is 0 Å². The van der Waals surface area contributed by atoms with Gasteiger partial charge in [0.15, 0.2) is 0 Å². The molecule has 2 N–H and O–H groups in total. The number of amides is 1. The number of aromatic nitrogens is 1. The zero-order chi connectivity index (χ0) is 16.8. The summed E-state index contributed by atoms with van der Waals surface area (Å²) in [5.74, 6) is 0.0544. The molecule has 24 heavy (non-hydrogen) atoms. The average Bonchev–Trinajstić information content (AvgIpc) is 2.78. The lowest BCUT2D eigenvalue weighted by Crippen LogP contribution is -2.19. The van der Waals surface area contributed by atoms with Crippen LogP contribution in [0.4, 0.5) is 11.4 Å². The van der Waals surface area contributed by atoms with Gasteiger partial charge in [0.2, 0.25) is 5.91 Å². The fourth-order valence-corrected chi connectivity index (χ4v) is 3.68. The Morgan fingerprint density at radius 3 is 2.79 bits per heavy atom. The van der Waals surface area contributed by atoms with Gasteiger partial charge in [-0.05, 0) is 24.4 Å². The van der Waals surface area contributed by atoms with Gasteiger partial charge in [0, 0.05) is 30.6 Å². The molecular weight excluding hydrogens is 297 g/mol. The minimum absolute atomic E-state index is 0.0544. The van der Waals surface area contributed by atoms with E-state index in [1.165, 1.54) is 16.4 Å². The second-order valence-electron chi connectivity index (χ2n) is 6.63. The molecule has 0 radical (unpaired) electrons. The molecular formula is C19H20BN3O. The lowest BCUT2D eigenvalue weighted by Gasteiger charge is -2.17. The molecule has 0 aliphatic carbocycles. The average molecular weight is 317 g/mol. The summed E-state index contributed by atoms with van der Waals surface area (Å²) in [4.78, 5) is 12.0. The number of nitrogens with zero attached hydrogens (tertiary/aromatic N) is 1. The van der Waals surface area contributed by atoms with Crippen molar-refractivity contribution >= 4 is 41.5 Å². The molecule has 5 heteroatoms. The fourth-order valence-electron chi connectivity index (χ4n) is 3.68. The summed E-state index contributed by atoms with van der Waals surface area (Å²) >= 11 is 0. The third-order valence-electron chi connectivity index (χ3n) is 4.75. The van der Waals surface area contributed by atoms with Crippen molar-refractivity contribution in [3.8, 4) is 11.3 Å². The summed E-state index contributed by atoms with van der Waals surface area (Å²) in [6, 6.07) is 14.8. The maximum Gasteiger partial charge on any atom is 0.226 e. The van der Waals surface area contributed by atoms with Crippen LogP contribution in [-0.2, 0) is 11.8 Å². The molecule has 120 valence electrons. The maximum absolute atomic E-state index is 12.0. The Labute approximate surface area is 142 Å². The number of aryl methyl sites for hydroxylation is 1. The van der Waals surface area contributed by atoms with Crippen molar-refractivity contribution in [2.45, 2.75) is 19.4 Å². The second kappa shape index (κ2) is 5.44. The molecule has 3 aromatic rings. The number of nitrogens with one attached hydrogen (secondary N) is 2. The van der Waals surface area contributed by atoms with E-state index in [9.17, 15) is 4.79 Å². The Kier molecular flexibility index (Phi) is 3.37. The van der Waals surface area contributed by atoms with Gasteiger partial charge in [-0.1, -0.05) is 35.8 Å². The van der Waals surface area contributed by atoms with Crippen molar-refractivity contribution in [1.29, 1.82) is 0 Å². The molecule has 0 unspecified atom stereocenters. The van der Waals surface area contributed by atoms with Gasteiger partial charge in [-0.3, -0.25) is 4.79 Å². The summed E-state index contributed by atoms with van der Waals surface area (Å²) < 4.78 is 2.24. The third-order valence-corrected chi connectivity index (χ3v) is 4.75. The fraction of sp³-hybridized carbons (Fsp3) is 0.211. The van der Waals surface area contributed by atoms with Crippen LogP contribution in [-0.4, -0.2) is 24.4 Å². The number of carbonyl (C=O) groups is 1. The normalized spacial score (nSPS) is 17.1. The minimum Gasteiger partial charge on any atom is -0.380 e. The van der Waals surface area contributed by atoms with Gasteiger partial charge in [-0.25, -0.2) is 0 Å². The summed E-state index contributed by atoms with van der Waals surface area (Å²) in [6.45, 7) is 2.04. The van der Waals surface area contributed by atoms with E-state index in [1.807, 2.05) is 19.1 Å². The maximum atomic E-state index is 12.0. The van der Waals surface area contributed by atoms with E-state index in [0.29, 0.717) is 6.42 Å². The standard InChI is InChI=1S/C19H20BN3O/c1-11-9-17(24)22-15-8-4-6-13(18(15)21-11)16-10-12-5-3-7-14(20)19(12)23(16)2/h3-8,10-11,21H,9,20H2,1-2H3,(H,22,24)/t11-/m1/s1. The van der Waals surface area contributed by atoms with Crippen LogP contribution in [0.1, 0.15) is 13.3 Å². The lowest BCUT2D eigenvalue weighted by atomic mass is 9.94. The highest BCUT2D eigenvalue weighted by molar-refractivity contribution is 6.38. The van der Waals surface area contributed by atoms with E-state index in [0.717, 1.165) is 22.6 Å². The van der Waals surface area contributed by atoms with Crippen LogP contribution < -0.4 is 16.1 Å². The first-order valence-corrected chi connectivity index (χ1v) is 8.29. The number of fused-ring (bicyclic) bond motifs is 2. The number of hydrogen-bond donors (Lipinski definition) is 2. The molecule has 1 amide bonds. The first kappa shape index (κ1) is 14.9. The van der Waals surface area contributed by atoms with Crippen molar-refractivity contribution in [1.82, 2.24) is 4.57 Å². The monoisotopic (exact) mass is 317 g/mol. The molecule has 0 fully saturated rings. The zero-order valence-electron chi connectivity index (χ0n) is 14.2. The number of anilines is 2. The van der Waals surface area contributed by atoms with E-state index in [2.05, 4.69) is 60.4 Å². The van der Waals surface area contributed by atoms with Gasteiger partial charge < -0.3 is 15.2 Å². The van der Waals surface area contributed by atoms with Gasteiger partial charge in [0.05, 0.1) is 17.1 Å². The summed E-state index contributed by atoms with van der Waals surface area (Å²) in [5, 5.41) is 7.76. The molecule has 0 bridgehead atoms. The van der Waals surface area contributed by atoms with E-state index < -0.39 is 0 Å². The van der Waals surface area contributed by atoms with Crippen LogP contribution in [0.25, 0.3) is 22.2 Å². The Hall–Kier alpha value is -2.69. The summed E-state index contributed by atoms with van der Waals surface area (Å²) in [5.41, 5.74) is 6.61. The SMILES string of the molecule is Bc1cccc2cc(-c3cccc4c3N[C@H](C)CC(=O)N4)n(C)c12. The molecule has 1 aromatic heterocycles. The Morgan fingerprint density at radius 1 is 1.21 bits per heavy atom. The van der Waals surface area contributed by atoms with Gasteiger partial charge in [-0.2, -0.15) is 0 Å². The van der Waals surface area contributed by atoms with Gasteiger partial charge in [0.1, 0.15) is 7.85 Å². The third kappa shape index (κ3) is 2.28. The first-order valence-electron chi connectivity index (χ1n) is 8.29. The molecule has 0 spiro atoms. The number of benzene rings is 2. The number of rotatable bonds is 1. The van der Waals surface area contributed by atoms with Crippen LogP contribution in [0.3, 0.4) is 0 Å². The highest BCUT2D eigenvalue weighted by Gasteiger charge is 2.21. The summed E-state index contributed by atoms with van der Waals surface area (Å²) in [6.07, 6.45) is 0.475. The van der Waals surface area contributed by atoms with E-state index in [4.69, 9.17) is 0 Å². The summed E-state index contributed by atoms with van der Waals surface area (Å²) in [7, 11) is 4.24. The van der Waals surface area contributed by atoms with Crippen LogP contribution in [0, 0.1) is 0 Å². The van der Waals surface area contributed by atoms with Crippen LogP contribution >= 0.6 is 0 Å². The van der Waals surface area contributed by atoms with Crippen LogP contribution in [0.15, 0.2) is 42.5 Å². The predicted octanol–water partition coefficient (Wildman–Crippen LogP) is 2.25. The highest BCUT2D eigenvalue weighted by Crippen LogP contribution is 2.38. The van der Waals surface area contributed by atoms with Crippen LogP contribution in [0.5, 0.6) is 0 Å². The van der Waals surface area contributed by atoms with Crippen molar-refractivity contribution in [3.63, 3.8) is 0 Å². The molecule has 2 heterocycles. The predicted molar refractivity (Wildman–Crippen MR) is 103 cm³/mol. The van der Waals surface area contributed by atoms with E-state index in [-0.39, 0.29) is 11.9 Å². The molecule has 4 nitrogen and oxygen atoms in total. The molecule has 2 aromatic carbocycles. The Bertz CT molecular complexity index is 961. The first-order chi connectivity index (χ1) is 11.5. The van der Waals surface area contributed by atoms with E-state index >= 15 is 0 Å². The molecule has 1 atom stereocenters. The van der Waals surface area contributed by atoms with Crippen molar-refractivity contribution in [2.24, 2.45) is 7.05 Å². The number of para-hydroxylation sites is 2. The van der Waals surface area contributed by atoms with Crippen molar-refractivity contribution in [3.05, 3.63) is 42.5 Å². The molecule has 0 saturated heterocycles. The molecule has 4 rings (SSSR count). The molecule has 1 aliphatic rings. The van der Waals surface area contributed by atoms with E-state index in [1.54, 1.807) is 0 Å². The molecule has 1 aliphatic heterocycles. The second-order valence-corrected chi connectivity index (χ2v) is 6.63. The number of carbonyl (C=O) groups excluding carboxylic acids is 1. The lowest BCUT2D eigenvalue weighted by molar-refractivity contribution is -0.116. The number of hydrogen-bond acceptors (Lipinski definition) is 2. The largest absolute Gasteiger partial charge is 0.380 e. The zero-order valence-corrected chi connectivity index (χ0v) is 14.2. The van der Waals surface area contributed by atoms with Gasteiger partial charge in [0.25, 0.3) is 0 Å². The topological polar surface area (TPSA) is 46.1 Å². The Morgan fingerprint density at radius 2 is 2.00 bits per heavy atom. The van der Waals surface area contributed by atoms with Crippen LogP contribution in [0.2, 0.25) is 0 Å². The molecule has 0 saturated carbocycles. The van der Waals surface area contributed by atoms with Crippen molar-refractivity contribution < 1.29 is 4.79 Å². The van der Waals surface area contributed by atoms with Gasteiger partial charge in [-0.15, -0.1) is 0 Å². The smallest absolute Gasteiger partial charge is 0.226 e. The Balaban J connectivity index is 1.96. The minimum atomic E-state index is 0.0544. The van der Waals surface area contributed by atoms with Crippen molar-refractivity contribution in [2.75, 3.05) is 10.6 Å². The highest BCUT2D eigenvalue weighted by atomic mass is 16.1.